The molecule has 172 valence electrons. The molecule has 0 aliphatic rings. The number of carbonyl (C=O) groups is 1. The zero-order valence-electron chi connectivity index (χ0n) is 17.5. The number of nitrogens with zero attached hydrogens (tertiary/aromatic N) is 3. The monoisotopic (exact) mass is 466 g/mol. The van der Waals surface area contributed by atoms with Crippen LogP contribution in [0.25, 0.3) is 5.69 Å². The number of hydrogen-bond acceptors (Lipinski definition) is 4. The molecule has 0 saturated carbocycles. The van der Waals surface area contributed by atoms with Crippen molar-refractivity contribution in [1.82, 2.24) is 19.7 Å². The van der Waals surface area contributed by atoms with E-state index in [1.165, 1.54) is 60.7 Å². The third-order valence-corrected chi connectivity index (χ3v) is 4.97. The summed E-state index contributed by atoms with van der Waals surface area (Å²) in [5.74, 6) is -2.34. The SMILES string of the molecule is O=C(NCc1ccc(F)cc1)c1nn(-c2ccc(F)cc2)c(=O)n(Cc2ccc(F)cc2)c1=O. The summed E-state index contributed by atoms with van der Waals surface area (Å²) >= 11 is 0. The first-order valence-electron chi connectivity index (χ1n) is 10.1. The van der Waals surface area contributed by atoms with Gasteiger partial charge < -0.3 is 5.32 Å². The van der Waals surface area contributed by atoms with Crippen LogP contribution in [0, 0.1) is 17.5 Å². The second kappa shape index (κ2) is 9.57. The lowest BCUT2D eigenvalue weighted by atomic mass is 10.2. The van der Waals surface area contributed by atoms with Gasteiger partial charge in [-0.05, 0) is 59.7 Å². The molecule has 7 nitrogen and oxygen atoms in total. The van der Waals surface area contributed by atoms with E-state index in [0.29, 0.717) is 11.1 Å². The molecule has 1 heterocycles. The maximum atomic E-state index is 13.4. The molecule has 0 bridgehead atoms. The highest BCUT2D eigenvalue weighted by molar-refractivity contribution is 5.91. The topological polar surface area (TPSA) is 86.0 Å². The van der Waals surface area contributed by atoms with Gasteiger partial charge in [0.25, 0.3) is 11.5 Å². The highest BCUT2D eigenvalue weighted by Crippen LogP contribution is 2.07. The molecule has 0 saturated heterocycles. The fraction of sp³-hybridized carbons (Fsp3) is 0.0833. The first-order chi connectivity index (χ1) is 16.3. The van der Waals surface area contributed by atoms with E-state index < -0.39 is 40.3 Å². The van der Waals surface area contributed by atoms with Crippen molar-refractivity contribution in [3.63, 3.8) is 0 Å². The van der Waals surface area contributed by atoms with E-state index in [4.69, 9.17) is 0 Å². The summed E-state index contributed by atoms with van der Waals surface area (Å²) in [6.45, 7) is -0.270. The fourth-order valence-electron chi connectivity index (χ4n) is 3.19. The molecule has 34 heavy (non-hydrogen) atoms. The van der Waals surface area contributed by atoms with Crippen molar-refractivity contribution in [2.24, 2.45) is 0 Å². The predicted octanol–water partition coefficient (Wildman–Crippen LogP) is 2.79. The van der Waals surface area contributed by atoms with Gasteiger partial charge in [-0.2, -0.15) is 9.78 Å². The normalized spacial score (nSPS) is 10.8. The van der Waals surface area contributed by atoms with Crippen LogP contribution in [-0.4, -0.2) is 20.3 Å². The van der Waals surface area contributed by atoms with Crippen molar-refractivity contribution in [1.29, 1.82) is 0 Å². The lowest BCUT2D eigenvalue weighted by molar-refractivity contribution is 0.0941. The Balaban J connectivity index is 1.75. The number of amides is 1. The molecule has 1 aromatic heterocycles. The van der Waals surface area contributed by atoms with Crippen LogP contribution in [-0.2, 0) is 13.1 Å². The third-order valence-electron chi connectivity index (χ3n) is 4.97. The predicted molar refractivity (Wildman–Crippen MR) is 117 cm³/mol. The van der Waals surface area contributed by atoms with Crippen molar-refractivity contribution < 1.29 is 18.0 Å². The number of carbonyl (C=O) groups excluding carboxylic acids is 1. The zero-order valence-corrected chi connectivity index (χ0v) is 17.5. The number of benzene rings is 3. The largest absolute Gasteiger partial charge is 0.352 e. The Labute approximate surface area is 190 Å². The maximum absolute atomic E-state index is 13.4. The van der Waals surface area contributed by atoms with Gasteiger partial charge in [0.15, 0.2) is 0 Å². The van der Waals surface area contributed by atoms with Crippen LogP contribution >= 0.6 is 0 Å². The molecule has 0 radical (unpaired) electrons. The Bertz CT molecular complexity index is 1450. The molecule has 0 aliphatic carbocycles. The second-order valence-corrected chi connectivity index (χ2v) is 7.35. The average molecular weight is 466 g/mol. The Morgan fingerprint density at radius 1 is 0.765 bits per heavy atom. The summed E-state index contributed by atoms with van der Waals surface area (Å²) in [5, 5.41) is 6.45. The lowest BCUT2D eigenvalue weighted by Crippen LogP contribution is -2.46. The molecular weight excluding hydrogens is 449 g/mol. The Kier molecular flexibility index (Phi) is 6.39. The lowest BCUT2D eigenvalue weighted by Gasteiger charge is -2.12. The van der Waals surface area contributed by atoms with Gasteiger partial charge in [-0.15, -0.1) is 0 Å². The van der Waals surface area contributed by atoms with Gasteiger partial charge in [0.05, 0.1) is 12.2 Å². The van der Waals surface area contributed by atoms with Gasteiger partial charge in [-0.1, -0.05) is 24.3 Å². The van der Waals surface area contributed by atoms with Gasteiger partial charge in [-0.25, -0.2) is 18.0 Å². The summed E-state index contributed by atoms with van der Waals surface area (Å²) in [4.78, 5) is 38.9. The van der Waals surface area contributed by atoms with Crippen molar-refractivity contribution in [3.8, 4) is 5.69 Å². The molecule has 0 aliphatic heterocycles. The minimum absolute atomic E-state index is 0.0200. The van der Waals surface area contributed by atoms with Crippen LogP contribution in [0.4, 0.5) is 13.2 Å². The molecule has 0 unspecified atom stereocenters. The summed E-state index contributed by atoms with van der Waals surface area (Å²) < 4.78 is 41.4. The van der Waals surface area contributed by atoms with Crippen molar-refractivity contribution in [2.45, 2.75) is 13.1 Å². The highest BCUT2D eigenvalue weighted by Gasteiger charge is 2.20. The highest BCUT2D eigenvalue weighted by atomic mass is 19.1. The van der Waals surface area contributed by atoms with Gasteiger partial charge in [0, 0.05) is 6.54 Å². The number of rotatable bonds is 6. The van der Waals surface area contributed by atoms with Crippen LogP contribution in [0.5, 0.6) is 0 Å². The number of nitrogens with one attached hydrogen (secondary N) is 1. The standard InChI is InChI=1S/C24H17F3N4O3/c25-17-5-1-15(2-6-17)13-28-22(32)21-23(33)30(14-16-3-7-18(26)8-4-16)24(34)31(29-21)20-11-9-19(27)10-12-20/h1-12H,13-14H2,(H,28,32). The van der Waals surface area contributed by atoms with Crippen LogP contribution < -0.4 is 16.6 Å². The van der Waals surface area contributed by atoms with E-state index >= 15 is 0 Å². The number of hydrogen-bond donors (Lipinski definition) is 1. The molecule has 10 heteroatoms. The summed E-state index contributed by atoms with van der Waals surface area (Å²) in [7, 11) is 0. The zero-order chi connectivity index (χ0) is 24.2. The average Bonchev–Trinajstić information content (AvgIpc) is 2.83. The van der Waals surface area contributed by atoms with E-state index in [2.05, 4.69) is 10.4 Å². The molecular formula is C24H17F3N4O3. The van der Waals surface area contributed by atoms with E-state index in [-0.39, 0.29) is 18.8 Å². The summed E-state index contributed by atoms with van der Waals surface area (Å²) in [6, 6.07) is 15.3. The van der Waals surface area contributed by atoms with Crippen LogP contribution in [0.15, 0.2) is 82.4 Å². The maximum Gasteiger partial charge on any atom is 0.352 e. The molecule has 4 rings (SSSR count). The summed E-state index contributed by atoms with van der Waals surface area (Å²) in [5.41, 5.74) is -1.25. The fourth-order valence-corrected chi connectivity index (χ4v) is 3.19. The molecule has 0 spiro atoms. The first-order valence-corrected chi connectivity index (χ1v) is 10.1. The van der Waals surface area contributed by atoms with Crippen molar-refractivity contribution >= 4 is 5.91 Å². The molecule has 4 aromatic rings. The minimum Gasteiger partial charge on any atom is -0.346 e. The summed E-state index contributed by atoms with van der Waals surface area (Å²) in [6.07, 6.45) is 0. The molecule has 3 aromatic carbocycles. The Morgan fingerprint density at radius 2 is 1.26 bits per heavy atom. The van der Waals surface area contributed by atoms with Gasteiger partial charge in [0.2, 0.25) is 5.69 Å². The number of halogens is 3. The van der Waals surface area contributed by atoms with E-state index in [0.717, 1.165) is 21.4 Å². The number of aromatic nitrogens is 3. The van der Waals surface area contributed by atoms with E-state index in [1.54, 1.807) is 0 Å². The molecule has 0 atom stereocenters. The Morgan fingerprint density at radius 3 is 1.82 bits per heavy atom. The second-order valence-electron chi connectivity index (χ2n) is 7.35. The van der Waals surface area contributed by atoms with Crippen molar-refractivity contribution in [3.05, 3.63) is 128 Å². The van der Waals surface area contributed by atoms with E-state index in [9.17, 15) is 27.6 Å². The van der Waals surface area contributed by atoms with Gasteiger partial charge in [-0.3, -0.25) is 14.2 Å². The smallest absolute Gasteiger partial charge is 0.346 e. The van der Waals surface area contributed by atoms with Crippen LogP contribution in [0.1, 0.15) is 21.6 Å². The molecule has 0 fully saturated rings. The van der Waals surface area contributed by atoms with Crippen molar-refractivity contribution in [2.75, 3.05) is 0 Å². The van der Waals surface area contributed by atoms with Gasteiger partial charge >= 0.3 is 5.69 Å². The molecule has 1 amide bonds. The third kappa shape index (κ3) is 4.96. The quantitative estimate of drug-likeness (QED) is 0.474. The van der Waals surface area contributed by atoms with Crippen LogP contribution in [0.3, 0.4) is 0 Å². The minimum atomic E-state index is -0.954. The van der Waals surface area contributed by atoms with Crippen LogP contribution in [0.2, 0.25) is 0 Å². The Hall–Kier alpha value is -4.47. The van der Waals surface area contributed by atoms with E-state index in [1.807, 2.05) is 0 Å². The van der Waals surface area contributed by atoms with Gasteiger partial charge in [0.1, 0.15) is 17.5 Å². The molecule has 1 N–H and O–H groups in total. The first kappa shape index (κ1) is 22.7.